The molecule has 2 aromatic rings. The van der Waals surface area contributed by atoms with Crippen LogP contribution in [0.2, 0.25) is 0 Å². The minimum atomic E-state index is -0.262. The molecule has 3 amide bonds. The van der Waals surface area contributed by atoms with Gasteiger partial charge in [-0.25, -0.2) is 0 Å². The third kappa shape index (κ3) is 4.23. The number of nitrogens with zero attached hydrogens (tertiary/aromatic N) is 3. The maximum Gasteiger partial charge on any atom is 0.277 e. The lowest BCUT2D eigenvalue weighted by molar-refractivity contribution is -0.137. The normalized spacial score (nSPS) is 16.7. The van der Waals surface area contributed by atoms with E-state index in [9.17, 15) is 14.4 Å². The maximum absolute atomic E-state index is 13.2. The van der Waals surface area contributed by atoms with Crippen LogP contribution in [0.1, 0.15) is 30.5 Å². The molecule has 1 saturated heterocycles. The fraction of sp³-hybridized carbons (Fsp3) is 0.346. The van der Waals surface area contributed by atoms with Crippen LogP contribution < -0.4 is 10.2 Å². The molecule has 0 spiro atoms. The molecule has 7 heteroatoms. The van der Waals surface area contributed by atoms with Crippen molar-refractivity contribution in [1.82, 2.24) is 9.80 Å². The summed E-state index contributed by atoms with van der Waals surface area (Å²) in [5.41, 5.74) is 6.02. The maximum atomic E-state index is 13.2. The summed E-state index contributed by atoms with van der Waals surface area (Å²) in [6.45, 7) is 10.7. The molecule has 33 heavy (non-hydrogen) atoms. The summed E-state index contributed by atoms with van der Waals surface area (Å²) in [6, 6.07) is 13.4. The second-order valence-electron chi connectivity index (χ2n) is 8.53. The Morgan fingerprint density at radius 2 is 1.55 bits per heavy atom. The van der Waals surface area contributed by atoms with Crippen LogP contribution in [-0.2, 0) is 14.4 Å². The van der Waals surface area contributed by atoms with E-state index in [0.29, 0.717) is 42.2 Å². The predicted molar refractivity (Wildman–Crippen MR) is 130 cm³/mol. The number of rotatable bonds is 5. The monoisotopic (exact) mass is 446 g/mol. The Morgan fingerprint density at radius 1 is 0.909 bits per heavy atom. The zero-order chi connectivity index (χ0) is 23.7. The molecule has 2 aliphatic rings. The van der Waals surface area contributed by atoms with Crippen LogP contribution in [0.5, 0.6) is 0 Å². The van der Waals surface area contributed by atoms with Gasteiger partial charge >= 0.3 is 0 Å². The minimum absolute atomic E-state index is 0.159. The van der Waals surface area contributed by atoms with Crippen molar-refractivity contribution in [3.05, 3.63) is 64.9 Å². The number of nitrogens with one attached hydrogen (secondary N) is 1. The van der Waals surface area contributed by atoms with E-state index in [-0.39, 0.29) is 17.7 Å². The molecule has 2 aromatic carbocycles. The molecule has 0 saturated carbocycles. The number of aryl methyl sites for hydroxylation is 1. The lowest BCUT2D eigenvalue weighted by Gasteiger charge is -2.38. The Balaban J connectivity index is 1.62. The molecule has 0 bridgehead atoms. The van der Waals surface area contributed by atoms with E-state index in [1.165, 1.54) is 28.6 Å². The Kier molecular flexibility index (Phi) is 6.22. The van der Waals surface area contributed by atoms with Crippen LogP contribution in [0.3, 0.4) is 0 Å². The van der Waals surface area contributed by atoms with Crippen molar-refractivity contribution in [2.24, 2.45) is 0 Å². The van der Waals surface area contributed by atoms with E-state index < -0.39 is 0 Å². The molecule has 0 radical (unpaired) electrons. The molecule has 1 N–H and O–H groups in total. The van der Waals surface area contributed by atoms with Crippen molar-refractivity contribution < 1.29 is 14.4 Å². The lowest BCUT2D eigenvalue weighted by atomic mass is 10.0. The summed E-state index contributed by atoms with van der Waals surface area (Å²) < 4.78 is 0. The lowest BCUT2D eigenvalue weighted by Crippen LogP contribution is -2.47. The highest BCUT2D eigenvalue weighted by atomic mass is 16.2. The molecular weight excluding hydrogens is 416 g/mol. The van der Waals surface area contributed by atoms with Crippen LogP contribution >= 0.6 is 0 Å². The van der Waals surface area contributed by atoms with Crippen molar-refractivity contribution >= 4 is 34.7 Å². The van der Waals surface area contributed by atoms with Crippen molar-refractivity contribution in [1.29, 1.82) is 0 Å². The highest BCUT2D eigenvalue weighted by Gasteiger charge is 2.41. The zero-order valence-corrected chi connectivity index (χ0v) is 19.6. The number of imide groups is 1. The molecule has 0 atom stereocenters. The Bertz CT molecular complexity index is 1130. The molecule has 1 fully saturated rings. The summed E-state index contributed by atoms with van der Waals surface area (Å²) in [5.74, 6) is -0.654. The number of carbonyl (C=O) groups excluding carboxylic acids is 3. The van der Waals surface area contributed by atoms with Gasteiger partial charge in [0.15, 0.2) is 0 Å². The van der Waals surface area contributed by atoms with Crippen molar-refractivity contribution in [3.8, 4) is 0 Å². The molecule has 0 aromatic heterocycles. The molecule has 2 heterocycles. The molecular formula is C26H30N4O3. The molecule has 0 aliphatic carbocycles. The van der Waals surface area contributed by atoms with Crippen LogP contribution in [0.15, 0.2) is 48.2 Å². The van der Waals surface area contributed by atoms with Gasteiger partial charge in [0.05, 0.1) is 5.57 Å². The summed E-state index contributed by atoms with van der Waals surface area (Å²) in [7, 11) is 0. The first kappa shape index (κ1) is 22.6. The van der Waals surface area contributed by atoms with Crippen LogP contribution in [0.25, 0.3) is 5.57 Å². The van der Waals surface area contributed by atoms with Crippen LogP contribution in [0, 0.1) is 13.8 Å². The summed E-state index contributed by atoms with van der Waals surface area (Å²) in [6.07, 6.45) is 0. The Morgan fingerprint density at radius 3 is 2.15 bits per heavy atom. The molecule has 7 nitrogen and oxygen atoms in total. The number of hydrogen-bond donors (Lipinski definition) is 1. The SMILES string of the molecule is CCN1C(=O)C(c2ccc(NC(C)=O)cc2)=C(N2CCN(c3cccc(C)c3C)CC2)C1=O. The second-order valence-corrected chi connectivity index (χ2v) is 8.53. The Hall–Kier alpha value is -3.61. The predicted octanol–water partition coefficient (Wildman–Crippen LogP) is 3.18. The largest absolute Gasteiger partial charge is 0.368 e. The molecule has 2 aliphatic heterocycles. The van der Waals surface area contributed by atoms with E-state index in [0.717, 1.165) is 13.1 Å². The topological polar surface area (TPSA) is 73.0 Å². The van der Waals surface area contributed by atoms with Gasteiger partial charge in [0.1, 0.15) is 5.70 Å². The van der Waals surface area contributed by atoms with Gasteiger partial charge < -0.3 is 15.1 Å². The summed E-state index contributed by atoms with van der Waals surface area (Å²) in [5, 5.41) is 2.73. The van der Waals surface area contributed by atoms with Gasteiger partial charge in [0, 0.05) is 51.0 Å². The average molecular weight is 447 g/mol. The van der Waals surface area contributed by atoms with Gasteiger partial charge in [-0.05, 0) is 55.7 Å². The smallest absolute Gasteiger partial charge is 0.277 e. The first-order valence-corrected chi connectivity index (χ1v) is 11.4. The van der Waals surface area contributed by atoms with E-state index in [1.54, 1.807) is 24.3 Å². The third-order valence-corrected chi connectivity index (χ3v) is 6.47. The van der Waals surface area contributed by atoms with Gasteiger partial charge in [0.2, 0.25) is 5.91 Å². The molecule has 172 valence electrons. The van der Waals surface area contributed by atoms with Gasteiger partial charge in [-0.3, -0.25) is 19.3 Å². The second kappa shape index (κ2) is 9.10. The third-order valence-electron chi connectivity index (χ3n) is 6.47. The van der Waals surface area contributed by atoms with Crippen LogP contribution in [0.4, 0.5) is 11.4 Å². The number of piperazine rings is 1. The van der Waals surface area contributed by atoms with E-state index >= 15 is 0 Å². The highest BCUT2D eigenvalue weighted by molar-refractivity contribution is 6.35. The standard InChI is InChI=1S/C26H30N4O3/c1-5-30-25(32)23(20-9-11-21(12-10-20)27-19(4)31)24(26(30)33)29-15-13-28(14-16-29)22-8-6-7-17(2)18(22)3/h6-12H,5,13-16H2,1-4H3,(H,27,31). The number of amides is 3. The Labute approximate surface area is 194 Å². The summed E-state index contributed by atoms with van der Waals surface area (Å²) >= 11 is 0. The van der Waals surface area contributed by atoms with Gasteiger partial charge in [-0.15, -0.1) is 0 Å². The number of likely N-dealkylation sites (N-methyl/N-ethyl adjacent to an activating group) is 1. The fourth-order valence-corrected chi connectivity index (χ4v) is 4.58. The molecule has 4 rings (SSSR count). The quantitative estimate of drug-likeness (QED) is 0.715. The minimum Gasteiger partial charge on any atom is -0.368 e. The zero-order valence-electron chi connectivity index (χ0n) is 19.6. The van der Waals surface area contributed by atoms with Crippen molar-refractivity contribution in [3.63, 3.8) is 0 Å². The van der Waals surface area contributed by atoms with Crippen molar-refractivity contribution in [2.45, 2.75) is 27.7 Å². The first-order chi connectivity index (χ1) is 15.8. The average Bonchev–Trinajstić information content (AvgIpc) is 3.05. The number of anilines is 2. The number of carbonyl (C=O) groups is 3. The fourth-order valence-electron chi connectivity index (χ4n) is 4.58. The molecule has 0 unspecified atom stereocenters. The van der Waals surface area contributed by atoms with Crippen molar-refractivity contribution in [2.75, 3.05) is 42.9 Å². The number of hydrogen-bond acceptors (Lipinski definition) is 5. The van der Waals surface area contributed by atoms with E-state index in [2.05, 4.69) is 47.2 Å². The van der Waals surface area contributed by atoms with E-state index in [1.807, 2.05) is 6.92 Å². The highest BCUT2D eigenvalue weighted by Crippen LogP contribution is 2.33. The van der Waals surface area contributed by atoms with Gasteiger partial charge in [-0.1, -0.05) is 24.3 Å². The van der Waals surface area contributed by atoms with Gasteiger partial charge in [-0.2, -0.15) is 0 Å². The number of benzene rings is 2. The summed E-state index contributed by atoms with van der Waals surface area (Å²) in [4.78, 5) is 43.4. The van der Waals surface area contributed by atoms with Gasteiger partial charge in [0.25, 0.3) is 11.8 Å². The van der Waals surface area contributed by atoms with E-state index in [4.69, 9.17) is 0 Å². The first-order valence-electron chi connectivity index (χ1n) is 11.4. The van der Waals surface area contributed by atoms with Crippen LogP contribution in [-0.4, -0.2) is 60.2 Å².